The van der Waals surface area contributed by atoms with E-state index in [1.165, 1.54) is 19.1 Å². The summed E-state index contributed by atoms with van der Waals surface area (Å²) in [7, 11) is 0. The predicted molar refractivity (Wildman–Crippen MR) is 116 cm³/mol. The van der Waals surface area contributed by atoms with Crippen molar-refractivity contribution in [1.82, 2.24) is 0 Å². The van der Waals surface area contributed by atoms with Gasteiger partial charge in [-0.1, -0.05) is 36.4 Å². The third-order valence-electron chi connectivity index (χ3n) is 3.99. The van der Waals surface area contributed by atoms with Crippen molar-refractivity contribution < 1.29 is 19.1 Å². The van der Waals surface area contributed by atoms with Crippen LogP contribution in [0.1, 0.15) is 22.8 Å². The van der Waals surface area contributed by atoms with Crippen LogP contribution in [0, 0.1) is 0 Å². The topological polar surface area (TPSA) is 84.5 Å². The van der Waals surface area contributed by atoms with Gasteiger partial charge in [0.05, 0.1) is 0 Å². The summed E-state index contributed by atoms with van der Waals surface area (Å²) >= 11 is 0. The van der Waals surface area contributed by atoms with Gasteiger partial charge in [0.25, 0.3) is 5.91 Å². The number of rotatable bonds is 6. The summed E-state index contributed by atoms with van der Waals surface area (Å²) in [6.45, 7) is 1.30. The molecule has 2 N–H and O–H groups in total. The summed E-state index contributed by atoms with van der Waals surface area (Å²) in [5, 5.41) is 5.52. The van der Waals surface area contributed by atoms with Crippen molar-refractivity contribution in [2.45, 2.75) is 6.92 Å². The monoisotopic (exact) mass is 400 g/mol. The number of hydrogen-bond donors (Lipinski definition) is 2. The smallest absolute Gasteiger partial charge is 0.308 e. The van der Waals surface area contributed by atoms with Crippen LogP contribution in [0.3, 0.4) is 0 Å². The molecule has 0 saturated carbocycles. The normalized spacial score (nSPS) is 10.4. The minimum atomic E-state index is -0.455. The molecule has 0 spiro atoms. The van der Waals surface area contributed by atoms with Crippen molar-refractivity contribution in [3.05, 3.63) is 96.1 Å². The minimum Gasteiger partial charge on any atom is -0.427 e. The number of anilines is 2. The van der Waals surface area contributed by atoms with E-state index in [4.69, 9.17) is 4.74 Å². The molecule has 0 atom stereocenters. The molecule has 6 heteroatoms. The summed E-state index contributed by atoms with van der Waals surface area (Å²) < 4.78 is 4.99. The highest BCUT2D eigenvalue weighted by Crippen LogP contribution is 2.17. The fraction of sp³-hybridized carbons (Fsp3) is 0.0417. The first-order chi connectivity index (χ1) is 14.5. The first-order valence-electron chi connectivity index (χ1n) is 9.23. The minimum absolute atomic E-state index is 0.252. The standard InChI is InChI=1S/C24H20N2O4/c1-17(27)30-22-9-5-8-19(16-22)24(29)26-21-13-11-20(12-14-21)25-23(28)15-10-18-6-3-2-4-7-18/h2-16H,1H3,(H,25,28)(H,26,29)/b15-10+. The first-order valence-corrected chi connectivity index (χ1v) is 9.23. The molecule has 0 bridgehead atoms. The van der Waals surface area contributed by atoms with Gasteiger partial charge >= 0.3 is 5.97 Å². The number of carbonyl (C=O) groups is 3. The number of benzene rings is 3. The summed E-state index contributed by atoms with van der Waals surface area (Å²) in [6, 6.07) is 22.6. The Labute approximate surface area is 174 Å². The molecule has 6 nitrogen and oxygen atoms in total. The number of nitrogens with one attached hydrogen (secondary N) is 2. The van der Waals surface area contributed by atoms with E-state index in [9.17, 15) is 14.4 Å². The van der Waals surface area contributed by atoms with Crippen LogP contribution in [-0.4, -0.2) is 17.8 Å². The Morgan fingerprint density at radius 2 is 1.47 bits per heavy atom. The number of carbonyl (C=O) groups excluding carboxylic acids is 3. The molecule has 0 saturated heterocycles. The number of ether oxygens (including phenoxy) is 1. The quantitative estimate of drug-likeness (QED) is 0.362. The molecule has 3 aromatic rings. The maximum absolute atomic E-state index is 12.4. The molecule has 30 heavy (non-hydrogen) atoms. The highest BCUT2D eigenvalue weighted by molar-refractivity contribution is 6.05. The largest absolute Gasteiger partial charge is 0.427 e. The Morgan fingerprint density at radius 1 is 0.800 bits per heavy atom. The Hall–Kier alpha value is -4.19. The van der Waals surface area contributed by atoms with E-state index in [1.807, 2.05) is 30.3 Å². The van der Waals surface area contributed by atoms with Gasteiger partial charge in [-0.05, 0) is 54.1 Å². The Morgan fingerprint density at radius 3 is 2.13 bits per heavy atom. The van der Waals surface area contributed by atoms with Crippen molar-refractivity contribution in [1.29, 1.82) is 0 Å². The molecule has 0 aliphatic heterocycles. The van der Waals surface area contributed by atoms with Gasteiger partial charge in [-0.15, -0.1) is 0 Å². The molecule has 2 amide bonds. The first kappa shape index (κ1) is 20.5. The average Bonchev–Trinajstić information content (AvgIpc) is 2.74. The van der Waals surface area contributed by atoms with Crippen molar-refractivity contribution in [3.63, 3.8) is 0 Å². The van der Waals surface area contributed by atoms with E-state index in [0.717, 1.165) is 5.56 Å². The molecule has 0 aliphatic rings. The molecule has 150 valence electrons. The zero-order valence-electron chi connectivity index (χ0n) is 16.3. The van der Waals surface area contributed by atoms with Crippen molar-refractivity contribution in [2.75, 3.05) is 10.6 Å². The highest BCUT2D eigenvalue weighted by atomic mass is 16.5. The van der Waals surface area contributed by atoms with Crippen LogP contribution in [-0.2, 0) is 9.59 Å². The lowest BCUT2D eigenvalue weighted by atomic mass is 10.2. The van der Waals surface area contributed by atoms with E-state index in [2.05, 4.69) is 10.6 Å². The number of hydrogen-bond acceptors (Lipinski definition) is 4. The van der Waals surface area contributed by atoms with Gasteiger partial charge < -0.3 is 15.4 Å². The fourth-order valence-electron chi connectivity index (χ4n) is 2.63. The maximum atomic E-state index is 12.4. The van der Waals surface area contributed by atoms with Crippen LogP contribution in [0.25, 0.3) is 6.08 Å². The summed E-state index contributed by atoms with van der Waals surface area (Å²) in [5.74, 6) is -0.745. The average molecular weight is 400 g/mol. The lowest BCUT2D eigenvalue weighted by Gasteiger charge is -2.08. The summed E-state index contributed by atoms with van der Waals surface area (Å²) in [5.41, 5.74) is 2.46. The summed E-state index contributed by atoms with van der Waals surface area (Å²) in [6.07, 6.45) is 3.19. The van der Waals surface area contributed by atoms with E-state index in [-0.39, 0.29) is 11.8 Å². The third kappa shape index (κ3) is 6.17. The second-order valence-corrected chi connectivity index (χ2v) is 6.39. The SMILES string of the molecule is CC(=O)Oc1cccc(C(=O)Nc2ccc(NC(=O)/C=C/c3ccccc3)cc2)c1. The van der Waals surface area contributed by atoms with Crippen LogP contribution in [0.5, 0.6) is 5.75 Å². The van der Waals surface area contributed by atoms with Gasteiger partial charge in [0.1, 0.15) is 5.75 Å². The Kier molecular flexibility index (Phi) is 6.74. The second-order valence-electron chi connectivity index (χ2n) is 6.39. The van der Waals surface area contributed by atoms with Crippen LogP contribution in [0.4, 0.5) is 11.4 Å². The lowest BCUT2D eigenvalue weighted by Crippen LogP contribution is -2.12. The maximum Gasteiger partial charge on any atom is 0.308 e. The van der Waals surface area contributed by atoms with E-state index >= 15 is 0 Å². The molecule has 3 rings (SSSR count). The van der Waals surface area contributed by atoms with Crippen molar-refractivity contribution in [3.8, 4) is 5.75 Å². The second kappa shape index (κ2) is 9.84. The van der Waals surface area contributed by atoms with Gasteiger partial charge in [-0.2, -0.15) is 0 Å². The van der Waals surface area contributed by atoms with Gasteiger partial charge in [-0.25, -0.2) is 0 Å². The van der Waals surface area contributed by atoms with Gasteiger partial charge in [0, 0.05) is 29.9 Å². The molecule has 0 aromatic heterocycles. The molecular weight excluding hydrogens is 380 g/mol. The zero-order chi connectivity index (χ0) is 21.3. The van der Waals surface area contributed by atoms with Crippen LogP contribution < -0.4 is 15.4 Å². The van der Waals surface area contributed by atoms with Gasteiger partial charge in [0.2, 0.25) is 5.91 Å². The molecule has 0 aliphatic carbocycles. The van der Waals surface area contributed by atoms with Gasteiger partial charge in [0.15, 0.2) is 0 Å². The molecule has 0 radical (unpaired) electrons. The van der Waals surface area contributed by atoms with Crippen LogP contribution in [0.15, 0.2) is 84.9 Å². The molecular formula is C24H20N2O4. The molecule has 3 aromatic carbocycles. The Bertz CT molecular complexity index is 1070. The lowest BCUT2D eigenvalue weighted by molar-refractivity contribution is -0.131. The van der Waals surface area contributed by atoms with E-state index in [1.54, 1.807) is 48.5 Å². The predicted octanol–water partition coefficient (Wildman–Crippen LogP) is 4.52. The number of amides is 2. The highest BCUT2D eigenvalue weighted by Gasteiger charge is 2.08. The fourth-order valence-corrected chi connectivity index (χ4v) is 2.63. The van der Waals surface area contributed by atoms with Crippen LogP contribution >= 0.6 is 0 Å². The summed E-state index contributed by atoms with van der Waals surface area (Å²) in [4.78, 5) is 35.5. The van der Waals surface area contributed by atoms with Crippen LogP contribution in [0.2, 0.25) is 0 Å². The number of esters is 1. The molecule has 0 heterocycles. The molecule has 0 unspecified atom stereocenters. The Balaban J connectivity index is 1.58. The van der Waals surface area contributed by atoms with Gasteiger partial charge in [-0.3, -0.25) is 14.4 Å². The third-order valence-corrected chi connectivity index (χ3v) is 3.99. The van der Waals surface area contributed by atoms with E-state index < -0.39 is 5.97 Å². The van der Waals surface area contributed by atoms with Crippen molar-refractivity contribution >= 4 is 35.2 Å². The molecule has 0 fully saturated rings. The zero-order valence-corrected chi connectivity index (χ0v) is 16.3. The van der Waals surface area contributed by atoms with Crippen molar-refractivity contribution in [2.24, 2.45) is 0 Å². The van der Waals surface area contributed by atoms with E-state index in [0.29, 0.717) is 22.7 Å².